The molecule has 4 amide bonds. The Morgan fingerprint density at radius 2 is 1.46 bits per heavy atom. The van der Waals surface area contributed by atoms with Gasteiger partial charge in [0, 0.05) is 0 Å². The van der Waals surface area contributed by atoms with Crippen LogP contribution in [0.25, 0.3) is 0 Å². The van der Waals surface area contributed by atoms with Crippen LogP contribution in [0.1, 0.15) is 11.1 Å². The molecule has 6 nitrogen and oxygen atoms in total. The van der Waals surface area contributed by atoms with Crippen LogP contribution >= 0.6 is 0 Å². The van der Waals surface area contributed by atoms with Gasteiger partial charge in [-0.15, -0.1) is 0 Å². The van der Waals surface area contributed by atoms with E-state index in [2.05, 4.69) is 5.32 Å². The Morgan fingerprint density at radius 1 is 0.964 bits per heavy atom. The van der Waals surface area contributed by atoms with E-state index < -0.39 is 42.7 Å². The maximum Gasteiger partial charge on any atom is 0.405 e. The summed E-state index contributed by atoms with van der Waals surface area (Å²) in [7, 11) is 0. The minimum absolute atomic E-state index is 0.470. The van der Waals surface area contributed by atoms with Crippen LogP contribution in [0.3, 0.4) is 0 Å². The number of benzene rings is 2. The van der Waals surface area contributed by atoms with Gasteiger partial charge in [-0.3, -0.25) is 14.5 Å². The first kappa shape index (κ1) is 19.4. The number of amides is 4. The summed E-state index contributed by atoms with van der Waals surface area (Å²) in [4.78, 5) is 38.1. The van der Waals surface area contributed by atoms with Gasteiger partial charge in [-0.05, 0) is 11.1 Å². The quantitative estimate of drug-likeness (QED) is 0.767. The molecule has 146 valence electrons. The third kappa shape index (κ3) is 3.68. The summed E-state index contributed by atoms with van der Waals surface area (Å²) in [5, 5.41) is 4.27. The zero-order valence-corrected chi connectivity index (χ0v) is 14.5. The average Bonchev–Trinajstić information content (AvgIpc) is 2.93. The van der Waals surface area contributed by atoms with Crippen LogP contribution in [0.2, 0.25) is 0 Å². The number of nitrogens with zero attached hydrogens (tertiary/aromatic N) is 1. The van der Waals surface area contributed by atoms with Gasteiger partial charge in [-0.2, -0.15) is 13.2 Å². The number of imide groups is 1. The fourth-order valence-corrected chi connectivity index (χ4v) is 3.05. The van der Waals surface area contributed by atoms with Crippen molar-refractivity contribution in [2.75, 3.05) is 13.1 Å². The van der Waals surface area contributed by atoms with Gasteiger partial charge in [0.1, 0.15) is 13.1 Å². The SMILES string of the molecule is O=C(CN1C(=O)NC(c2ccccc2)(c2ccccc2)C1=O)NCC(F)(F)F. The van der Waals surface area contributed by atoms with Crippen molar-refractivity contribution in [3.8, 4) is 0 Å². The van der Waals surface area contributed by atoms with Crippen molar-refractivity contribution in [1.82, 2.24) is 15.5 Å². The number of carbonyl (C=O) groups is 3. The number of urea groups is 1. The molecule has 2 aromatic carbocycles. The zero-order chi connectivity index (χ0) is 20.4. The minimum Gasteiger partial charge on any atom is -0.345 e. The van der Waals surface area contributed by atoms with Crippen molar-refractivity contribution in [3.63, 3.8) is 0 Å². The fraction of sp³-hybridized carbons (Fsp3) is 0.211. The van der Waals surface area contributed by atoms with E-state index in [1.165, 1.54) is 0 Å². The molecule has 0 unspecified atom stereocenters. The Morgan fingerprint density at radius 3 is 1.93 bits per heavy atom. The summed E-state index contributed by atoms with van der Waals surface area (Å²) in [6, 6.07) is 16.0. The van der Waals surface area contributed by atoms with Gasteiger partial charge in [-0.1, -0.05) is 60.7 Å². The van der Waals surface area contributed by atoms with E-state index in [0.29, 0.717) is 16.0 Å². The first-order chi connectivity index (χ1) is 13.2. The number of rotatable bonds is 5. The van der Waals surface area contributed by atoms with Crippen LogP contribution < -0.4 is 10.6 Å². The molecule has 0 aliphatic carbocycles. The molecule has 1 saturated heterocycles. The summed E-state index contributed by atoms with van der Waals surface area (Å²) in [6.07, 6.45) is -4.59. The van der Waals surface area contributed by atoms with E-state index in [-0.39, 0.29) is 0 Å². The predicted molar refractivity (Wildman–Crippen MR) is 93.0 cm³/mol. The van der Waals surface area contributed by atoms with E-state index in [1.54, 1.807) is 66.0 Å². The van der Waals surface area contributed by atoms with Crippen LogP contribution in [-0.4, -0.2) is 42.0 Å². The molecule has 1 fully saturated rings. The number of nitrogens with one attached hydrogen (secondary N) is 2. The summed E-state index contributed by atoms with van der Waals surface area (Å²) in [6.45, 7) is -2.36. The third-order valence-electron chi connectivity index (χ3n) is 4.31. The molecule has 3 rings (SSSR count). The molecule has 2 aromatic rings. The molecule has 0 bridgehead atoms. The molecular formula is C19H16F3N3O3. The Kier molecular flexibility index (Phi) is 5.08. The lowest BCUT2D eigenvalue weighted by Gasteiger charge is -2.28. The maximum absolute atomic E-state index is 13.2. The highest BCUT2D eigenvalue weighted by Gasteiger charge is 2.54. The van der Waals surface area contributed by atoms with E-state index >= 15 is 0 Å². The molecule has 0 atom stereocenters. The Hall–Kier alpha value is -3.36. The van der Waals surface area contributed by atoms with Crippen LogP contribution in [0, 0.1) is 0 Å². The first-order valence-electron chi connectivity index (χ1n) is 8.32. The lowest BCUT2D eigenvalue weighted by molar-refractivity contribution is -0.141. The van der Waals surface area contributed by atoms with Crippen molar-refractivity contribution < 1.29 is 27.6 Å². The monoisotopic (exact) mass is 391 g/mol. The second kappa shape index (κ2) is 7.34. The van der Waals surface area contributed by atoms with Crippen molar-refractivity contribution in [2.24, 2.45) is 0 Å². The highest BCUT2D eigenvalue weighted by atomic mass is 19.4. The molecule has 1 aliphatic rings. The molecule has 1 aliphatic heterocycles. The maximum atomic E-state index is 13.2. The summed E-state index contributed by atoms with van der Waals surface area (Å²) in [5.74, 6) is -1.82. The predicted octanol–water partition coefficient (Wildman–Crippen LogP) is 2.16. The van der Waals surface area contributed by atoms with Crippen LogP contribution in [0.5, 0.6) is 0 Å². The van der Waals surface area contributed by atoms with Gasteiger partial charge in [0.25, 0.3) is 5.91 Å². The zero-order valence-electron chi connectivity index (χ0n) is 14.5. The fourth-order valence-electron chi connectivity index (χ4n) is 3.05. The molecule has 0 saturated carbocycles. The van der Waals surface area contributed by atoms with Crippen molar-refractivity contribution in [2.45, 2.75) is 11.7 Å². The lowest BCUT2D eigenvalue weighted by atomic mass is 9.82. The minimum atomic E-state index is -4.59. The summed E-state index contributed by atoms with van der Waals surface area (Å²) in [5.41, 5.74) is -0.625. The molecule has 1 heterocycles. The molecule has 0 aromatic heterocycles. The average molecular weight is 391 g/mol. The van der Waals surface area contributed by atoms with Crippen molar-refractivity contribution in [3.05, 3.63) is 71.8 Å². The second-order valence-electron chi connectivity index (χ2n) is 6.20. The second-order valence-corrected chi connectivity index (χ2v) is 6.20. The molecular weight excluding hydrogens is 375 g/mol. The largest absolute Gasteiger partial charge is 0.405 e. The van der Waals surface area contributed by atoms with E-state index in [9.17, 15) is 27.6 Å². The third-order valence-corrected chi connectivity index (χ3v) is 4.31. The number of hydrogen-bond acceptors (Lipinski definition) is 3. The molecule has 28 heavy (non-hydrogen) atoms. The molecule has 2 N–H and O–H groups in total. The summed E-state index contributed by atoms with van der Waals surface area (Å²) < 4.78 is 36.8. The molecule has 9 heteroatoms. The smallest absolute Gasteiger partial charge is 0.345 e. The van der Waals surface area contributed by atoms with Gasteiger partial charge in [0.05, 0.1) is 0 Å². The number of carbonyl (C=O) groups excluding carboxylic acids is 3. The summed E-state index contributed by atoms with van der Waals surface area (Å²) >= 11 is 0. The Balaban J connectivity index is 1.93. The van der Waals surface area contributed by atoms with Crippen molar-refractivity contribution in [1.29, 1.82) is 0 Å². The number of halogens is 3. The highest BCUT2D eigenvalue weighted by molar-refractivity contribution is 6.11. The standard InChI is InChI=1S/C19H16F3N3O3/c20-18(21,22)12-23-15(26)11-25-16(27)19(24-17(25)28,13-7-3-1-4-8-13)14-9-5-2-6-10-14/h1-10H,11-12H2,(H,23,26)(H,24,28). The van der Waals surface area contributed by atoms with Gasteiger partial charge in [0.15, 0.2) is 5.54 Å². The Labute approximate surface area is 158 Å². The van der Waals surface area contributed by atoms with Crippen LogP contribution in [0.4, 0.5) is 18.0 Å². The number of alkyl halides is 3. The van der Waals surface area contributed by atoms with Gasteiger partial charge in [0.2, 0.25) is 5.91 Å². The van der Waals surface area contributed by atoms with Crippen LogP contribution in [-0.2, 0) is 15.1 Å². The Bertz CT molecular complexity index is 846. The lowest BCUT2D eigenvalue weighted by Crippen LogP contribution is -2.46. The number of hydrogen-bond donors (Lipinski definition) is 2. The van der Waals surface area contributed by atoms with E-state index in [0.717, 1.165) is 0 Å². The first-order valence-corrected chi connectivity index (χ1v) is 8.32. The topological polar surface area (TPSA) is 78.5 Å². The molecule has 0 spiro atoms. The van der Waals surface area contributed by atoms with Crippen molar-refractivity contribution >= 4 is 17.8 Å². The van der Waals surface area contributed by atoms with E-state index in [1.807, 2.05) is 0 Å². The van der Waals surface area contributed by atoms with Gasteiger partial charge in [-0.25, -0.2) is 4.79 Å². The molecule has 0 radical (unpaired) electrons. The van der Waals surface area contributed by atoms with Crippen LogP contribution in [0.15, 0.2) is 60.7 Å². The van der Waals surface area contributed by atoms with Gasteiger partial charge < -0.3 is 10.6 Å². The van der Waals surface area contributed by atoms with Gasteiger partial charge >= 0.3 is 12.2 Å². The van der Waals surface area contributed by atoms with E-state index in [4.69, 9.17) is 0 Å². The highest BCUT2D eigenvalue weighted by Crippen LogP contribution is 2.35. The normalized spacial score (nSPS) is 16.0.